The van der Waals surface area contributed by atoms with Gasteiger partial charge in [0, 0.05) is 44.6 Å². The van der Waals surface area contributed by atoms with E-state index in [0.29, 0.717) is 25.3 Å². The summed E-state index contributed by atoms with van der Waals surface area (Å²) in [7, 11) is 1.83. The van der Waals surface area contributed by atoms with Crippen molar-refractivity contribution in [3.05, 3.63) is 60.0 Å². The monoisotopic (exact) mass is 408 g/mol. The van der Waals surface area contributed by atoms with Gasteiger partial charge in [0.2, 0.25) is 6.79 Å². The summed E-state index contributed by atoms with van der Waals surface area (Å²) >= 11 is 0. The quantitative estimate of drug-likeness (QED) is 0.701. The maximum atomic E-state index is 13.1. The number of carbonyl (C=O) groups is 1. The van der Waals surface area contributed by atoms with Gasteiger partial charge in [-0.05, 0) is 42.7 Å². The Labute approximate surface area is 174 Å². The maximum Gasteiger partial charge on any atom is 0.256 e. The van der Waals surface area contributed by atoms with Crippen molar-refractivity contribution in [1.29, 1.82) is 0 Å². The van der Waals surface area contributed by atoms with Crippen molar-refractivity contribution in [1.82, 2.24) is 19.7 Å². The minimum Gasteiger partial charge on any atom is -0.454 e. The fourth-order valence-corrected chi connectivity index (χ4v) is 4.27. The fraction of sp³-hybridized carbons (Fsp3) is 0.364. The fourth-order valence-electron chi connectivity index (χ4n) is 4.27. The normalized spacial score (nSPS) is 17.1. The number of amides is 1. The van der Waals surface area contributed by atoms with E-state index in [0.717, 1.165) is 35.7 Å². The van der Waals surface area contributed by atoms with Crippen LogP contribution in [0.2, 0.25) is 0 Å². The summed E-state index contributed by atoms with van der Waals surface area (Å²) in [6.07, 6.45) is 7.07. The molecular formula is C22H24N4O4. The second-order valence-corrected chi connectivity index (χ2v) is 7.74. The summed E-state index contributed by atoms with van der Waals surface area (Å²) in [6, 6.07) is 9.90. The molecule has 0 saturated carbocycles. The molecule has 1 saturated heterocycles. The smallest absolute Gasteiger partial charge is 0.256 e. The Morgan fingerprint density at radius 1 is 1.17 bits per heavy atom. The molecular weight excluding hydrogens is 384 g/mol. The number of nitrogens with one attached hydrogen (secondary N) is 1. The zero-order chi connectivity index (χ0) is 20.6. The maximum absolute atomic E-state index is 13.1. The number of hydrogen-bond donors (Lipinski definition) is 1. The third kappa shape index (κ3) is 3.23. The van der Waals surface area contributed by atoms with Gasteiger partial charge in [-0.15, -0.1) is 0 Å². The highest BCUT2D eigenvalue weighted by atomic mass is 16.7. The van der Waals surface area contributed by atoms with Gasteiger partial charge in [-0.1, -0.05) is 6.07 Å². The lowest BCUT2D eigenvalue weighted by atomic mass is 9.74. The number of carbonyl (C=O) groups excluding carboxylic acids is 1. The summed E-state index contributed by atoms with van der Waals surface area (Å²) in [5.74, 6) is 2.11. The van der Waals surface area contributed by atoms with Gasteiger partial charge in [0.25, 0.3) is 5.91 Å². The summed E-state index contributed by atoms with van der Waals surface area (Å²) in [5, 5.41) is 7.45. The SMILES string of the molecule is Cn1ncc(C(=O)NCC2(c3ccc4c(c3)OCO4)CCOCC2)c1-n1cccc1. The number of nitrogens with zero attached hydrogens (tertiary/aromatic N) is 3. The van der Waals surface area contributed by atoms with E-state index < -0.39 is 0 Å². The van der Waals surface area contributed by atoms with Gasteiger partial charge in [-0.25, -0.2) is 0 Å². The van der Waals surface area contributed by atoms with Crippen molar-refractivity contribution in [2.24, 2.45) is 7.05 Å². The molecule has 8 heteroatoms. The van der Waals surface area contributed by atoms with Gasteiger partial charge in [0.15, 0.2) is 11.5 Å². The van der Waals surface area contributed by atoms with Crippen LogP contribution in [-0.4, -0.2) is 46.8 Å². The van der Waals surface area contributed by atoms with Crippen LogP contribution in [-0.2, 0) is 17.2 Å². The van der Waals surface area contributed by atoms with Crippen molar-refractivity contribution in [3.8, 4) is 17.3 Å². The number of hydrogen-bond acceptors (Lipinski definition) is 5. The number of benzene rings is 1. The van der Waals surface area contributed by atoms with E-state index in [4.69, 9.17) is 14.2 Å². The molecule has 5 rings (SSSR count). The minimum atomic E-state index is -0.218. The summed E-state index contributed by atoms with van der Waals surface area (Å²) in [6.45, 7) is 2.07. The third-order valence-corrected chi connectivity index (χ3v) is 6.02. The molecule has 0 aliphatic carbocycles. The molecule has 0 atom stereocenters. The predicted molar refractivity (Wildman–Crippen MR) is 109 cm³/mol. The molecule has 4 heterocycles. The summed E-state index contributed by atoms with van der Waals surface area (Å²) < 4.78 is 20.2. The predicted octanol–water partition coefficient (Wildman–Crippen LogP) is 2.42. The van der Waals surface area contributed by atoms with Gasteiger partial charge in [0.1, 0.15) is 11.4 Å². The first-order valence-electron chi connectivity index (χ1n) is 10.1. The van der Waals surface area contributed by atoms with Crippen LogP contribution in [0, 0.1) is 0 Å². The summed E-state index contributed by atoms with van der Waals surface area (Å²) in [4.78, 5) is 13.1. The second-order valence-electron chi connectivity index (χ2n) is 7.74. The highest BCUT2D eigenvalue weighted by Gasteiger charge is 2.36. The lowest BCUT2D eigenvalue weighted by Gasteiger charge is -2.38. The topological polar surface area (TPSA) is 79.5 Å². The Morgan fingerprint density at radius 3 is 2.73 bits per heavy atom. The number of ether oxygens (including phenoxy) is 3. The van der Waals surface area contributed by atoms with Crippen LogP contribution >= 0.6 is 0 Å². The standard InChI is InChI=1S/C22H24N4O4/c1-25-21(26-8-2-3-9-26)17(13-24-25)20(27)23-14-22(6-10-28-11-7-22)16-4-5-18-19(12-16)30-15-29-18/h2-5,8-9,12-13H,6-7,10-11,14-15H2,1H3,(H,23,27). The van der Waals surface area contributed by atoms with Gasteiger partial charge in [0.05, 0.1) is 6.20 Å². The van der Waals surface area contributed by atoms with E-state index in [2.05, 4.69) is 16.5 Å². The molecule has 0 bridgehead atoms. The first-order chi connectivity index (χ1) is 14.7. The molecule has 156 valence electrons. The van der Waals surface area contributed by atoms with Crippen LogP contribution in [0.25, 0.3) is 5.82 Å². The Kier molecular flexibility index (Phi) is 4.71. The van der Waals surface area contributed by atoms with Crippen molar-refractivity contribution in [3.63, 3.8) is 0 Å². The van der Waals surface area contributed by atoms with Gasteiger partial charge >= 0.3 is 0 Å². The van der Waals surface area contributed by atoms with Crippen molar-refractivity contribution >= 4 is 5.91 Å². The number of rotatable bonds is 5. The van der Waals surface area contributed by atoms with Crippen molar-refractivity contribution < 1.29 is 19.0 Å². The van der Waals surface area contributed by atoms with Crippen LogP contribution in [0.1, 0.15) is 28.8 Å². The Balaban J connectivity index is 1.40. The summed E-state index contributed by atoms with van der Waals surface area (Å²) in [5.41, 5.74) is 1.46. The van der Waals surface area contributed by atoms with Gasteiger partial charge in [-0.3, -0.25) is 9.48 Å². The average molecular weight is 408 g/mol. The molecule has 1 aromatic carbocycles. The number of aromatic nitrogens is 3. The molecule has 2 aromatic heterocycles. The largest absolute Gasteiger partial charge is 0.454 e. The van der Waals surface area contributed by atoms with Crippen molar-refractivity contribution in [2.75, 3.05) is 26.6 Å². The lowest BCUT2D eigenvalue weighted by Crippen LogP contribution is -2.44. The van der Waals surface area contributed by atoms with Crippen LogP contribution in [0.3, 0.4) is 0 Å². The molecule has 0 unspecified atom stereocenters. The molecule has 0 spiro atoms. The van der Waals surface area contributed by atoms with Crippen LogP contribution in [0.5, 0.6) is 11.5 Å². The number of fused-ring (bicyclic) bond motifs is 1. The van der Waals surface area contributed by atoms with Gasteiger partial charge in [-0.2, -0.15) is 5.10 Å². The lowest BCUT2D eigenvalue weighted by molar-refractivity contribution is 0.0486. The zero-order valence-electron chi connectivity index (χ0n) is 16.8. The van der Waals surface area contributed by atoms with E-state index in [-0.39, 0.29) is 18.1 Å². The Bertz CT molecular complexity index is 1050. The van der Waals surface area contributed by atoms with Crippen molar-refractivity contribution in [2.45, 2.75) is 18.3 Å². The molecule has 3 aromatic rings. The molecule has 1 amide bonds. The molecule has 1 fully saturated rings. The molecule has 0 radical (unpaired) electrons. The Morgan fingerprint density at radius 2 is 1.93 bits per heavy atom. The molecule has 30 heavy (non-hydrogen) atoms. The first kappa shape index (κ1) is 18.7. The van der Waals surface area contributed by atoms with Crippen LogP contribution in [0.4, 0.5) is 0 Å². The average Bonchev–Trinajstić information content (AvgIpc) is 3.52. The molecule has 8 nitrogen and oxygen atoms in total. The molecule has 2 aliphatic heterocycles. The highest BCUT2D eigenvalue weighted by molar-refractivity contribution is 5.97. The zero-order valence-corrected chi connectivity index (χ0v) is 16.8. The molecule has 2 aliphatic rings. The molecule has 1 N–H and O–H groups in total. The van der Waals surface area contributed by atoms with E-state index in [1.807, 2.05) is 48.3 Å². The van der Waals surface area contributed by atoms with E-state index in [1.54, 1.807) is 10.9 Å². The van der Waals surface area contributed by atoms with Gasteiger partial charge < -0.3 is 24.1 Å². The number of aryl methyl sites for hydroxylation is 1. The van der Waals surface area contributed by atoms with Crippen LogP contribution < -0.4 is 14.8 Å². The third-order valence-electron chi connectivity index (χ3n) is 6.02. The Hall–Kier alpha value is -3.26. The second kappa shape index (κ2) is 7.53. The first-order valence-corrected chi connectivity index (χ1v) is 10.1. The van der Waals surface area contributed by atoms with E-state index in [9.17, 15) is 4.79 Å². The highest BCUT2D eigenvalue weighted by Crippen LogP contribution is 2.40. The van der Waals surface area contributed by atoms with E-state index >= 15 is 0 Å². The van der Waals surface area contributed by atoms with E-state index in [1.165, 1.54) is 0 Å². The minimum absolute atomic E-state index is 0.140. The van der Waals surface area contributed by atoms with Crippen LogP contribution in [0.15, 0.2) is 48.9 Å².